The molecule has 0 spiro atoms. The molecule has 2 aromatic carbocycles. The second kappa shape index (κ2) is 8.06. The molecule has 7 nitrogen and oxygen atoms in total. The molecule has 0 saturated carbocycles. The predicted molar refractivity (Wildman–Crippen MR) is 110 cm³/mol. The van der Waals surface area contributed by atoms with Crippen molar-refractivity contribution >= 4 is 27.3 Å². The molecule has 31 heavy (non-hydrogen) atoms. The molecule has 2 N–H and O–H groups in total. The smallest absolute Gasteiger partial charge is 0.326 e. The number of benzene rings is 2. The van der Waals surface area contributed by atoms with E-state index in [1.165, 1.54) is 50.0 Å². The Kier molecular flexibility index (Phi) is 5.81. The lowest BCUT2D eigenvalue weighted by molar-refractivity contribution is -0.137. The monoisotopic (exact) mass is 452 g/mol. The summed E-state index contributed by atoms with van der Waals surface area (Å²) in [7, 11) is -4.27. The number of hydrogen-bond donors (Lipinski definition) is 2. The van der Waals surface area contributed by atoms with Crippen LogP contribution in [0.4, 0.5) is 24.5 Å². The quantitative estimate of drug-likeness (QED) is 0.605. The largest absolute Gasteiger partial charge is 0.416 e. The summed E-state index contributed by atoms with van der Waals surface area (Å²) in [6.07, 6.45) is -1.75. The van der Waals surface area contributed by atoms with Gasteiger partial charge in [0.15, 0.2) is 0 Å². The Morgan fingerprint density at radius 2 is 1.74 bits per heavy atom. The second-order valence-electron chi connectivity index (χ2n) is 6.91. The highest BCUT2D eigenvalue weighted by Crippen LogP contribution is 2.35. The molecule has 0 atom stereocenters. The molecule has 11 heteroatoms. The van der Waals surface area contributed by atoms with E-state index in [9.17, 15) is 26.4 Å². The van der Waals surface area contributed by atoms with Gasteiger partial charge in [-0.25, -0.2) is 13.1 Å². The minimum Gasteiger partial charge on any atom is -0.326 e. The van der Waals surface area contributed by atoms with Gasteiger partial charge in [-0.2, -0.15) is 18.3 Å². The van der Waals surface area contributed by atoms with Crippen molar-refractivity contribution in [3.63, 3.8) is 0 Å². The summed E-state index contributed by atoms with van der Waals surface area (Å²) in [5, 5.41) is 6.55. The third-order valence-corrected chi connectivity index (χ3v) is 6.04. The van der Waals surface area contributed by atoms with Crippen molar-refractivity contribution in [2.24, 2.45) is 0 Å². The maximum atomic E-state index is 13.2. The zero-order valence-electron chi connectivity index (χ0n) is 16.8. The zero-order chi connectivity index (χ0) is 23.0. The van der Waals surface area contributed by atoms with Crippen molar-refractivity contribution in [1.82, 2.24) is 9.78 Å². The Bertz CT molecular complexity index is 1210. The number of hydrogen-bond acceptors (Lipinski definition) is 4. The van der Waals surface area contributed by atoms with Crippen LogP contribution in [0.2, 0.25) is 0 Å². The van der Waals surface area contributed by atoms with Gasteiger partial charge >= 0.3 is 6.18 Å². The topological polar surface area (TPSA) is 93.1 Å². The number of sulfonamides is 1. The summed E-state index contributed by atoms with van der Waals surface area (Å²) >= 11 is 0. The first-order chi connectivity index (χ1) is 14.4. The second-order valence-corrected chi connectivity index (χ2v) is 8.53. The van der Waals surface area contributed by atoms with Gasteiger partial charge in [-0.3, -0.25) is 9.52 Å². The number of carbonyl (C=O) groups is 1. The van der Waals surface area contributed by atoms with Gasteiger partial charge in [0.1, 0.15) is 0 Å². The summed E-state index contributed by atoms with van der Waals surface area (Å²) in [5.74, 6) is -0.319. The standard InChI is InChI=1S/C20H19F3N4O3S/c1-12-9-16(25-14(3)28)10-13(2)19(12)31(29,30)26-17-11-15(20(21,22)23)5-6-18(17)27-8-4-7-24-27/h4-11,26H,1-3H3,(H,25,28). The highest BCUT2D eigenvalue weighted by molar-refractivity contribution is 7.92. The van der Waals surface area contributed by atoms with Gasteiger partial charge in [-0.1, -0.05) is 0 Å². The molecule has 0 aliphatic carbocycles. The molecule has 0 aliphatic heterocycles. The van der Waals surface area contributed by atoms with Crippen LogP contribution in [-0.4, -0.2) is 24.1 Å². The molecule has 0 saturated heterocycles. The summed E-state index contributed by atoms with van der Waals surface area (Å²) in [5.41, 5.74) is -0.0870. The van der Waals surface area contributed by atoms with Crippen LogP contribution in [0.3, 0.4) is 0 Å². The number of nitrogens with one attached hydrogen (secondary N) is 2. The molecule has 3 rings (SSSR count). The molecular weight excluding hydrogens is 433 g/mol. The van der Waals surface area contributed by atoms with Crippen LogP contribution in [0, 0.1) is 13.8 Å². The fourth-order valence-corrected chi connectivity index (χ4v) is 4.77. The average Bonchev–Trinajstić information content (AvgIpc) is 3.13. The van der Waals surface area contributed by atoms with Crippen molar-refractivity contribution in [2.45, 2.75) is 31.8 Å². The van der Waals surface area contributed by atoms with Crippen LogP contribution >= 0.6 is 0 Å². The Labute approximate surface area is 176 Å². The number of anilines is 2. The number of carbonyl (C=O) groups excluding carboxylic acids is 1. The van der Waals surface area contributed by atoms with Crippen molar-refractivity contribution in [2.75, 3.05) is 10.0 Å². The van der Waals surface area contributed by atoms with Gasteiger partial charge < -0.3 is 5.32 Å². The minimum absolute atomic E-state index is 0.0922. The van der Waals surface area contributed by atoms with E-state index in [4.69, 9.17) is 0 Å². The van der Waals surface area contributed by atoms with Gasteiger partial charge in [-0.15, -0.1) is 0 Å². The lowest BCUT2D eigenvalue weighted by Gasteiger charge is -2.18. The van der Waals surface area contributed by atoms with Crippen molar-refractivity contribution < 1.29 is 26.4 Å². The number of amides is 1. The first kappa shape index (κ1) is 22.3. The van der Waals surface area contributed by atoms with Gasteiger partial charge in [0.2, 0.25) is 5.91 Å². The first-order valence-electron chi connectivity index (χ1n) is 9.01. The molecule has 0 unspecified atom stereocenters. The SMILES string of the molecule is CC(=O)Nc1cc(C)c(S(=O)(=O)Nc2cc(C(F)(F)F)ccc2-n2cccn2)c(C)c1. The van der Waals surface area contributed by atoms with Gasteiger partial charge in [-0.05, 0) is 61.4 Å². The highest BCUT2D eigenvalue weighted by Gasteiger charge is 2.32. The van der Waals surface area contributed by atoms with E-state index in [1.807, 2.05) is 0 Å². The number of nitrogens with zero attached hydrogens (tertiary/aromatic N) is 2. The van der Waals surface area contributed by atoms with E-state index in [1.54, 1.807) is 6.07 Å². The van der Waals surface area contributed by atoms with Gasteiger partial charge in [0.25, 0.3) is 10.0 Å². The third-order valence-electron chi connectivity index (χ3n) is 4.37. The lowest BCUT2D eigenvalue weighted by atomic mass is 10.1. The fraction of sp³-hybridized carbons (Fsp3) is 0.200. The molecule has 0 bridgehead atoms. The number of halogens is 3. The Morgan fingerprint density at radius 1 is 1.10 bits per heavy atom. The third kappa shape index (κ3) is 4.88. The normalized spacial score (nSPS) is 11.9. The molecule has 3 aromatic rings. The highest BCUT2D eigenvalue weighted by atomic mass is 32.2. The number of alkyl halides is 3. The van der Waals surface area contributed by atoms with E-state index in [2.05, 4.69) is 15.1 Å². The number of aryl methyl sites for hydroxylation is 2. The van der Waals surface area contributed by atoms with Crippen molar-refractivity contribution in [3.05, 3.63) is 65.5 Å². The summed E-state index contributed by atoms with van der Waals surface area (Å²) < 4.78 is 69.6. The van der Waals surface area contributed by atoms with Gasteiger partial charge in [0, 0.05) is 25.0 Å². The Balaban J connectivity index is 2.10. The molecule has 1 aromatic heterocycles. The Hall–Kier alpha value is -3.34. The van der Waals surface area contributed by atoms with Crippen LogP contribution in [0.25, 0.3) is 5.69 Å². The Morgan fingerprint density at radius 3 is 2.26 bits per heavy atom. The van der Waals surface area contributed by atoms with E-state index in [0.29, 0.717) is 16.8 Å². The van der Waals surface area contributed by atoms with Crippen LogP contribution in [0.5, 0.6) is 0 Å². The minimum atomic E-state index is -4.66. The maximum Gasteiger partial charge on any atom is 0.416 e. The van der Waals surface area contributed by atoms with Crippen molar-refractivity contribution in [1.29, 1.82) is 0 Å². The van der Waals surface area contributed by atoms with Crippen molar-refractivity contribution in [3.8, 4) is 5.69 Å². The van der Waals surface area contributed by atoms with Crippen LogP contribution in [0.1, 0.15) is 23.6 Å². The van der Waals surface area contributed by atoms with Crippen LogP contribution < -0.4 is 10.0 Å². The molecule has 1 amide bonds. The van der Waals surface area contributed by atoms with E-state index < -0.39 is 21.8 Å². The van der Waals surface area contributed by atoms with Crippen LogP contribution in [0.15, 0.2) is 53.7 Å². The van der Waals surface area contributed by atoms with E-state index in [0.717, 1.165) is 18.2 Å². The predicted octanol–water partition coefficient (Wildman–Crippen LogP) is 4.27. The summed E-state index contributed by atoms with van der Waals surface area (Å²) in [6, 6.07) is 7.24. The lowest BCUT2D eigenvalue weighted by Crippen LogP contribution is -2.18. The number of aromatic nitrogens is 2. The number of rotatable bonds is 5. The first-order valence-corrected chi connectivity index (χ1v) is 10.5. The van der Waals surface area contributed by atoms with E-state index >= 15 is 0 Å². The molecule has 164 valence electrons. The molecule has 0 fully saturated rings. The van der Waals surface area contributed by atoms with Crippen LogP contribution in [-0.2, 0) is 21.0 Å². The molecule has 0 aliphatic rings. The maximum absolute atomic E-state index is 13.2. The van der Waals surface area contributed by atoms with E-state index in [-0.39, 0.29) is 22.2 Å². The summed E-state index contributed by atoms with van der Waals surface area (Å²) in [4.78, 5) is 11.2. The molecule has 0 radical (unpaired) electrons. The zero-order valence-corrected chi connectivity index (χ0v) is 17.6. The summed E-state index contributed by atoms with van der Waals surface area (Å²) in [6.45, 7) is 4.39. The molecular formula is C20H19F3N4O3S. The fourth-order valence-electron chi connectivity index (χ4n) is 3.25. The average molecular weight is 452 g/mol. The molecule has 1 heterocycles. The van der Waals surface area contributed by atoms with Gasteiger partial charge in [0.05, 0.1) is 21.8 Å².